The fraction of sp³-hybridized carbons (Fsp3) is 0.487. The first kappa shape index (κ1) is 32.9. The Bertz CT molecular complexity index is 1840. The van der Waals surface area contributed by atoms with Gasteiger partial charge in [-0.15, -0.1) is 0 Å². The Morgan fingerprint density at radius 3 is 1.96 bits per heavy atom. The van der Waals surface area contributed by atoms with Crippen LogP contribution in [0.15, 0.2) is 48.7 Å². The molecule has 1 aliphatic carbocycles. The van der Waals surface area contributed by atoms with Crippen molar-refractivity contribution in [1.29, 1.82) is 0 Å². The van der Waals surface area contributed by atoms with Crippen LogP contribution in [0.5, 0.6) is 0 Å². The normalized spacial score (nSPS) is 19.4. The molecule has 49 heavy (non-hydrogen) atoms. The summed E-state index contributed by atoms with van der Waals surface area (Å²) in [5, 5.41) is 0. The molecule has 0 spiro atoms. The van der Waals surface area contributed by atoms with Crippen LogP contribution in [0.1, 0.15) is 109 Å². The van der Waals surface area contributed by atoms with Crippen LogP contribution in [0, 0.1) is 0 Å². The number of carbonyl (C=O) groups is 2. The molecule has 0 unspecified atom stereocenters. The highest BCUT2D eigenvalue weighted by molar-refractivity contribution is 5.76. The van der Waals surface area contributed by atoms with Crippen molar-refractivity contribution in [1.82, 2.24) is 29.7 Å². The maximum absolute atomic E-state index is 13.0. The smallest absolute Gasteiger partial charge is 0.410 e. The van der Waals surface area contributed by atoms with Crippen molar-refractivity contribution in [3.05, 3.63) is 71.6 Å². The minimum absolute atomic E-state index is 0.101. The average Bonchev–Trinajstić information content (AvgIpc) is 3.85. The number of ether oxygens (including phenoxy) is 2. The minimum atomic E-state index is -0.537. The zero-order chi connectivity index (χ0) is 34.5. The van der Waals surface area contributed by atoms with Gasteiger partial charge in [-0.05, 0) is 109 Å². The summed E-state index contributed by atoms with van der Waals surface area (Å²) in [6.07, 6.45) is 7.80. The number of benzene rings is 2. The third-order valence-corrected chi connectivity index (χ3v) is 9.55. The number of likely N-dealkylation sites (tertiary alicyclic amines) is 2. The van der Waals surface area contributed by atoms with Crippen LogP contribution >= 0.6 is 0 Å². The maximum Gasteiger partial charge on any atom is 0.410 e. The fourth-order valence-corrected chi connectivity index (χ4v) is 7.33. The molecule has 2 saturated heterocycles. The van der Waals surface area contributed by atoms with Gasteiger partial charge >= 0.3 is 12.2 Å². The molecule has 2 fully saturated rings. The van der Waals surface area contributed by atoms with E-state index >= 15 is 0 Å². The molecule has 2 aromatic heterocycles. The fourth-order valence-electron chi connectivity index (χ4n) is 7.33. The van der Waals surface area contributed by atoms with Crippen molar-refractivity contribution < 1.29 is 19.1 Å². The second-order valence-electron chi connectivity index (χ2n) is 15.6. The molecule has 4 heterocycles. The third kappa shape index (κ3) is 6.96. The zero-order valence-electron chi connectivity index (χ0n) is 29.6. The van der Waals surface area contributed by atoms with Gasteiger partial charge in [-0.1, -0.05) is 42.5 Å². The lowest BCUT2D eigenvalue weighted by atomic mass is 9.95. The molecular formula is C39H48N6O4. The van der Waals surface area contributed by atoms with E-state index in [0.717, 1.165) is 90.4 Å². The number of H-pyrrole nitrogens is 2. The Morgan fingerprint density at radius 1 is 0.735 bits per heavy atom. The van der Waals surface area contributed by atoms with Gasteiger partial charge in [0.15, 0.2) is 0 Å². The van der Waals surface area contributed by atoms with Gasteiger partial charge in [0.05, 0.1) is 29.7 Å². The van der Waals surface area contributed by atoms with E-state index in [9.17, 15) is 9.59 Å². The third-order valence-electron chi connectivity index (χ3n) is 9.55. The molecule has 0 saturated carbocycles. The van der Waals surface area contributed by atoms with E-state index in [1.807, 2.05) is 52.6 Å². The largest absolute Gasteiger partial charge is 0.444 e. The summed E-state index contributed by atoms with van der Waals surface area (Å²) in [6.45, 7) is 12.7. The van der Waals surface area contributed by atoms with Crippen molar-refractivity contribution >= 4 is 12.2 Å². The molecule has 10 nitrogen and oxygen atoms in total. The van der Waals surface area contributed by atoms with E-state index < -0.39 is 11.2 Å². The van der Waals surface area contributed by atoms with Crippen LogP contribution in [0.3, 0.4) is 0 Å². The van der Waals surface area contributed by atoms with Gasteiger partial charge in [0.1, 0.15) is 22.9 Å². The summed E-state index contributed by atoms with van der Waals surface area (Å²) in [5.74, 6) is 1.65. The number of nitrogens with zero attached hydrogens (tertiary/aromatic N) is 4. The number of fused-ring (bicyclic) bond motifs is 3. The predicted octanol–water partition coefficient (Wildman–Crippen LogP) is 8.77. The van der Waals surface area contributed by atoms with Crippen molar-refractivity contribution in [3.8, 4) is 33.6 Å². The zero-order valence-corrected chi connectivity index (χ0v) is 29.6. The van der Waals surface area contributed by atoms with Crippen molar-refractivity contribution in [3.63, 3.8) is 0 Å². The minimum Gasteiger partial charge on any atom is -0.444 e. The average molecular weight is 665 g/mol. The first-order chi connectivity index (χ1) is 23.3. The molecular weight excluding hydrogens is 616 g/mol. The molecule has 3 aliphatic rings. The van der Waals surface area contributed by atoms with E-state index in [1.54, 1.807) is 4.90 Å². The monoisotopic (exact) mass is 664 g/mol. The Hall–Kier alpha value is -4.60. The molecule has 4 aromatic rings. The summed E-state index contributed by atoms with van der Waals surface area (Å²) in [4.78, 5) is 46.3. The van der Waals surface area contributed by atoms with Gasteiger partial charge in [0.2, 0.25) is 0 Å². The predicted molar refractivity (Wildman–Crippen MR) is 189 cm³/mol. The number of hydrogen-bond acceptors (Lipinski definition) is 6. The van der Waals surface area contributed by atoms with Crippen LogP contribution in [0.4, 0.5) is 9.59 Å². The molecule has 0 bridgehead atoms. The Labute approximate surface area is 288 Å². The van der Waals surface area contributed by atoms with E-state index in [2.05, 4.69) is 57.4 Å². The number of carbonyl (C=O) groups excluding carboxylic acids is 2. The molecule has 2 N–H and O–H groups in total. The summed E-state index contributed by atoms with van der Waals surface area (Å²) < 4.78 is 11.4. The number of aromatic nitrogens is 4. The van der Waals surface area contributed by atoms with Crippen LogP contribution < -0.4 is 0 Å². The molecule has 2 amide bonds. The van der Waals surface area contributed by atoms with Crippen LogP contribution in [-0.2, 0) is 22.3 Å². The lowest BCUT2D eigenvalue weighted by Gasteiger charge is -2.27. The number of aryl methyl sites for hydroxylation is 2. The molecule has 2 aliphatic heterocycles. The Kier molecular flexibility index (Phi) is 8.53. The van der Waals surface area contributed by atoms with Crippen molar-refractivity contribution in [2.45, 2.75) is 110 Å². The van der Waals surface area contributed by atoms with Crippen LogP contribution in [-0.4, -0.2) is 66.2 Å². The maximum atomic E-state index is 13.0. The summed E-state index contributed by atoms with van der Waals surface area (Å²) in [6, 6.07) is 15.0. The molecule has 10 heteroatoms. The second-order valence-corrected chi connectivity index (χ2v) is 15.6. The number of imidazole rings is 2. The van der Waals surface area contributed by atoms with Crippen molar-refractivity contribution in [2.24, 2.45) is 0 Å². The summed E-state index contributed by atoms with van der Waals surface area (Å²) >= 11 is 0. The highest BCUT2D eigenvalue weighted by atomic mass is 16.6. The molecule has 0 radical (unpaired) electrons. The second kappa shape index (κ2) is 12.7. The number of aromatic amines is 2. The first-order valence-electron chi connectivity index (χ1n) is 17.7. The lowest BCUT2D eigenvalue weighted by molar-refractivity contribution is 0.0208. The molecule has 258 valence electrons. The van der Waals surface area contributed by atoms with Crippen molar-refractivity contribution in [2.75, 3.05) is 13.1 Å². The van der Waals surface area contributed by atoms with E-state index in [0.29, 0.717) is 13.1 Å². The number of rotatable bonds is 4. The van der Waals surface area contributed by atoms with E-state index in [1.165, 1.54) is 11.1 Å². The van der Waals surface area contributed by atoms with Gasteiger partial charge in [-0.2, -0.15) is 0 Å². The first-order valence-corrected chi connectivity index (χ1v) is 17.7. The standard InChI is InChI=1S/C39H48N6O4/c1-38(2,3)48-36(46)44-20-8-12-31(44)34-40-23-30(42-34)25-16-14-24(15-17-25)26-18-19-28-27(22-26)10-7-11-29-33(28)43-35(41-29)32-13-9-21-45(32)37(47)49-39(4,5)6/h14-19,22-23,31-32H,7-13,20-21H2,1-6H3,(H,40,42)(H,41,43)/t31-,32-/m0/s1. The van der Waals surface area contributed by atoms with Gasteiger partial charge < -0.3 is 19.4 Å². The van der Waals surface area contributed by atoms with Crippen LogP contribution in [0.2, 0.25) is 0 Å². The number of hydrogen-bond donors (Lipinski definition) is 2. The number of nitrogens with one attached hydrogen (secondary N) is 2. The van der Waals surface area contributed by atoms with E-state index in [-0.39, 0.29) is 24.3 Å². The molecule has 2 atom stereocenters. The summed E-state index contributed by atoms with van der Waals surface area (Å²) in [5.41, 5.74) is 7.80. The highest BCUT2D eigenvalue weighted by Crippen LogP contribution is 2.39. The highest BCUT2D eigenvalue weighted by Gasteiger charge is 2.37. The van der Waals surface area contributed by atoms with Gasteiger partial charge in [-0.3, -0.25) is 9.80 Å². The topological polar surface area (TPSA) is 116 Å². The van der Waals surface area contributed by atoms with Crippen LogP contribution in [0.25, 0.3) is 33.6 Å². The molecule has 2 aromatic carbocycles. The lowest BCUT2D eigenvalue weighted by Crippen LogP contribution is -2.36. The quantitative estimate of drug-likeness (QED) is 0.225. The summed E-state index contributed by atoms with van der Waals surface area (Å²) in [7, 11) is 0. The van der Waals surface area contributed by atoms with E-state index in [4.69, 9.17) is 14.5 Å². The van der Waals surface area contributed by atoms with Gasteiger partial charge in [0, 0.05) is 24.3 Å². The Morgan fingerprint density at radius 2 is 1.33 bits per heavy atom. The number of amides is 2. The SMILES string of the molecule is CC(C)(C)OC(=O)N1CCC[C@H]1c1ncc(-c2ccc(-c3ccc4c(c3)CCCc3[nH]c([C@@H]5CCCN5C(=O)OC(C)(C)C)nc3-4)cc2)[nH]1. The van der Waals surface area contributed by atoms with Gasteiger partial charge in [-0.25, -0.2) is 19.6 Å². The van der Waals surface area contributed by atoms with Gasteiger partial charge in [0.25, 0.3) is 0 Å². The molecule has 7 rings (SSSR count). The Balaban J connectivity index is 1.08.